The Morgan fingerprint density at radius 3 is 2.67 bits per heavy atom. The van der Waals surface area contributed by atoms with Crippen molar-refractivity contribution >= 4 is 27.9 Å². The maximum Gasteiger partial charge on any atom is 0.322 e. The summed E-state index contributed by atoms with van der Waals surface area (Å²) in [7, 11) is -3.68. The molecule has 0 aromatic rings. The summed E-state index contributed by atoms with van der Waals surface area (Å²) in [6, 6.07) is -0.944. The molecule has 2 rings (SSSR count). The zero-order chi connectivity index (χ0) is 13.3. The van der Waals surface area contributed by atoms with Gasteiger partial charge in [0, 0.05) is 11.8 Å². The fraction of sp³-hybridized carbons (Fsp3) is 0.900. The van der Waals surface area contributed by atoms with Crippen LogP contribution in [0.1, 0.15) is 32.6 Å². The fourth-order valence-corrected chi connectivity index (χ4v) is 5.70. The van der Waals surface area contributed by atoms with Gasteiger partial charge in [-0.25, -0.2) is 0 Å². The summed E-state index contributed by atoms with van der Waals surface area (Å²) < 4.78 is 28.2. The minimum atomic E-state index is -3.68. The molecule has 8 heteroatoms. The number of nitrogens with one attached hydrogen (secondary N) is 1. The van der Waals surface area contributed by atoms with E-state index in [0.29, 0.717) is 12.2 Å². The molecule has 18 heavy (non-hydrogen) atoms. The Morgan fingerprint density at radius 2 is 2.17 bits per heavy atom. The molecule has 2 atom stereocenters. The highest BCUT2D eigenvalue weighted by molar-refractivity contribution is 8.01. The molecule has 6 nitrogen and oxygen atoms in total. The van der Waals surface area contributed by atoms with Crippen molar-refractivity contribution in [3.63, 3.8) is 0 Å². The first-order valence-electron chi connectivity index (χ1n) is 6.11. The van der Waals surface area contributed by atoms with Crippen molar-refractivity contribution in [3.05, 3.63) is 0 Å². The van der Waals surface area contributed by atoms with E-state index in [1.165, 1.54) is 11.8 Å². The summed E-state index contributed by atoms with van der Waals surface area (Å²) in [6.07, 6.45) is 3.20. The second kappa shape index (κ2) is 5.36. The maximum absolute atomic E-state index is 12.2. The lowest BCUT2D eigenvalue weighted by molar-refractivity contribution is -0.140. The smallest absolute Gasteiger partial charge is 0.322 e. The highest BCUT2D eigenvalue weighted by Gasteiger charge is 2.46. The first-order valence-corrected chi connectivity index (χ1v) is 8.59. The van der Waals surface area contributed by atoms with Crippen LogP contribution in [0.15, 0.2) is 0 Å². The van der Waals surface area contributed by atoms with Gasteiger partial charge in [-0.2, -0.15) is 17.4 Å². The van der Waals surface area contributed by atoms with Gasteiger partial charge in [-0.1, -0.05) is 13.3 Å². The van der Waals surface area contributed by atoms with Crippen LogP contribution < -0.4 is 4.72 Å². The lowest BCUT2D eigenvalue weighted by Crippen LogP contribution is -2.50. The van der Waals surface area contributed by atoms with Crippen LogP contribution in [0.5, 0.6) is 0 Å². The van der Waals surface area contributed by atoms with E-state index in [2.05, 4.69) is 4.72 Å². The van der Waals surface area contributed by atoms with Crippen molar-refractivity contribution in [3.8, 4) is 0 Å². The van der Waals surface area contributed by atoms with Gasteiger partial charge in [0.1, 0.15) is 6.04 Å². The quantitative estimate of drug-likeness (QED) is 0.749. The normalized spacial score (nSPS) is 29.6. The first-order chi connectivity index (χ1) is 8.45. The van der Waals surface area contributed by atoms with Crippen LogP contribution in [-0.2, 0) is 15.0 Å². The van der Waals surface area contributed by atoms with Gasteiger partial charge < -0.3 is 5.11 Å². The van der Waals surface area contributed by atoms with Crippen molar-refractivity contribution in [1.29, 1.82) is 0 Å². The van der Waals surface area contributed by atoms with Crippen LogP contribution in [-0.4, -0.2) is 47.0 Å². The predicted octanol–water partition coefficient (Wildman–Crippen LogP) is 0.611. The average Bonchev–Trinajstić information content (AvgIpc) is 2.95. The number of hydrogen-bond donors (Lipinski definition) is 2. The summed E-state index contributed by atoms with van der Waals surface area (Å²) in [5.74, 6) is -0.742. The monoisotopic (exact) mass is 294 g/mol. The molecule has 2 unspecified atom stereocenters. The largest absolute Gasteiger partial charge is 0.480 e. The Kier molecular flexibility index (Phi) is 4.20. The average molecular weight is 294 g/mol. The molecule has 0 radical (unpaired) electrons. The van der Waals surface area contributed by atoms with E-state index in [9.17, 15) is 13.2 Å². The van der Waals surface area contributed by atoms with Crippen LogP contribution in [0, 0.1) is 0 Å². The zero-order valence-corrected chi connectivity index (χ0v) is 11.8. The Hall–Kier alpha value is -0.310. The molecular weight excluding hydrogens is 276 g/mol. The van der Waals surface area contributed by atoms with Gasteiger partial charge in [-0.3, -0.25) is 4.79 Å². The molecule has 0 spiro atoms. The number of nitrogens with zero attached hydrogens (tertiary/aromatic N) is 1. The summed E-state index contributed by atoms with van der Waals surface area (Å²) >= 11 is 1.41. The molecule has 1 saturated heterocycles. The number of hydrogen-bond acceptors (Lipinski definition) is 4. The Balaban J connectivity index is 2.18. The third-order valence-electron chi connectivity index (χ3n) is 3.03. The minimum Gasteiger partial charge on any atom is -0.480 e. The third-order valence-corrected chi connectivity index (χ3v) is 6.21. The molecular formula is C10H18N2O4S2. The van der Waals surface area contributed by atoms with E-state index < -0.39 is 22.2 Å². The number of carboxylic acid groups (broad SMARTS) is 1. The molecule has 2 N–H and O–H groups in total. The molecule has 1 heterocycles. The van der Waals surface area contributed by atoms with E-state index in [4.69, 9.17) is 5.11 Å². The van der Waals surface area contributed by atoms with Crippen molar-refractivity contribution in [1.82, 2.24) is 9.03 Å². The third kappa shape index (κ3) is 2.98. The van der Waals surface area contributed by atoms with Gasteiger partial charge in [-0.15, -0.1) is 11.8 Å². The topological polar surface area (TPSA) is 86.7 Å². The second-order valence-electron chi connectivity index (χ2n) is 4.66. The van der Waals surface area contributed by atoms with Crippen LogP contribution in [0.2, 0.25) is 0 Å². The van der Waals surface area contributed by atoms with Crippen molar-refractivity contribution in [2.75, 3.05) is 5.75 Å². The maximum atomic E-state index is 12.2. The van der Waals surface area contributed by atoms with Crippen molar-refractivity contribution < 1.29 is 18.3 Å². The molecule has 1 saturated carbocycles. The van der Waals surface area contributed by atoms with Crippen LogP contribution >= 0.6 is 11.8 Å². The van der Waals surface area contributed by atoms with Crippen molar-refractivity contribution in [2.45, 2.75) is 50.1 Å². The van der Waals surface area contributed by atoms with Crippen LogP contribution in [0.25, 0.3) is 0 Å². The summed E-state index contributed by atoms with van der Waals surface area (Å²) in [6.45, 7) is 1.97. The number of carbonyl (C=O) groups is 1. The lowest BCUT2D eigenvalue weighted by atomic mass is 10.3. The molecule has 0 amide bonds. The molecule has 1 aliphatic heterocycles. The van der Waals surface area contributed by atoms with Crippen LogP contribution in [0.3, 0.4) is 0 Å². The highest BCUT2D eigenvalue weighted by atomic mass is 32.2. The lowest BCUT2D eigenvalue weighted by Gasteiger charge is -2.26. The van der Waals surface area contributed by atoms with Gasteiger partial charge in [-0.05, 0) is 19.3 Å². The Labute approximate surface area is 111 Å². The fourth-order valence-electron chi connectivity index (χ4n) is 1.98. The summed E-state index contributed by atoms with van der Waals surface area (Å²) in [5.41, 5.74) is 0. The van der Waals surface area contributed by atoms with E-state index in [0.717, 1.165) is 23.6 Å². The number of carboxylic acids is 1. The standard InChI is InChI=1S/C10H18N2O4S2/c1-2-3-9-12(8(6-17-9)10(13)14)18(15,16)11-7-4-5-7/h7-9,11H,2-6H2,1H3,(H,13,14). The summed E-state index contributed by atoms with van der Waals surface area (Å²) in [5, 5.41) is 8.88. The first kappa shape index (κ1) is 14.1. The molecule has 2 aliphatic rings. The van der Waals surface area contributed by atoms with Gasteiger partial charge in [0.15, 0.2) is 0 Å². The molecule has 0 aromatic carbocycles. The van der Waals surface area contributed by atoms with E-state index >= 15 is 0 Å². The molecule has 0 aromatic heterocycles. The van der Waals surface area contributed by atoms with Gasteiger partial charge in [0.05, 0.1) is 5.37 Å². The zero-order valence-electron chi connectivity index (χ0n) is 10.2. The second-order valence-corrected chi connectivity index (χ2v) is 7.48. The summed E-state index contributed by atoms with van der Waals surface area (Å²) in [4.78, 5) is 11.2. The van der Waals surface area contributed by atoms with E-state index in [-0.39, 0.29) is 11.4 Å². The predicted molar refractivity (Wildman–Crippen MR) is 69.5 cm³/mol. The van der Waals surface area contributed by atoms with Gasteiger partial charge in [0.25, 0.3) is 10.2 Å². The molecule has 2 fully saturated rings. The Morgan fingerprint density at radius 1 is 1.50 bits per heavy atom. The molecule has 0 bridgehead atoms. The van der Waals surface area contributed by atoms with Gasteiger partial charge in [0.2, 0.25) is 0 Å². The van der Waals surface area contributed by atoms with E-state index in [1.807, 2.05) is 6.92 Å². The van der Waals surface area contributed by atoms with Crippen molar-refractivity contribution in [2.24, 2.45) is 0 Å². The SMILES string of the molecule is CCCC1SCC(C(=O)O)N1S(=O)(=O)NC1CC1. The Bertz CT molecular complexity index is 422. The molecule has 104 valence electrons. The number of aliphatic carboxylic acids is 1. The molecule has 1 aliphatic carbocycles. The van der Waals surface area contributed by atoms with Gasteiger partial charge >= 0.3 is 5.97 Å². The van der Waals surface area contributed by atoms with Crippen LogP contribution in [0.4, 0.5) is 0 Å². The number of thioether (sulfide) groups is 1. The minimum absolute atomic E-state index is 0.00248. The van der Waals surface area contributed by atoms with E-state index in [1.54, 1.807) is 0 Å². The highest BCUT2D eigenvalue weighted by Crippen LogP contribution is 2.35. The number of rotatable bonds is 6.